The number of aromatic nitrogens is 2. The van der Waals surface area contributed by atoms with E-state index in [-0.39, 0.29) is 32.5 Å². The molecular formula is C29H24N4O6S. The van der Waals surface area contributed by atoms with Crippen LogP contribution in [0.15, 0.2) is 96.2 Å². The molecule has 5 rings (SSSR count). The van der Waals surface area contributed by atoms with Crippen molar-refractivity contribution < 1.29 is 27.1 Å². The summed E-state index contributed by atoms with van der Waals surface area (Å²) in [4.78, 5) is 42.7. The number of hydrogen-bond acceptors (Lipinski definition) is 9. The molecule has 1 aliphatic heterocycles. The molecule has 0 spiro atoms. The first kappa shape index (κ1) is 28.0. The third kappa shape index (κ3) is 5.70. The molecule has 40 heavy (non-hydrogen) atoms. The summed E-state index contributed by atoms with van der Waals surface area (Å²) < 4.78 is 31.3. The van der Waals surface area contributed by atoms with Crippen LogP contribution in [0.25, 0.3) is 11.1 Å². The van der Waals surface area contributed by atoms with Crippen LogP contribution in [0.5, 0.6) is 0 Å². The van der Waals surface area contributed by atoms with Gasteiger partial charge in [0.1, 0.15) is 6.79 Å². The van der Waals surface area contributed by atoms with E-state index in [1.165, 1.54) is 24.5 Å². The van der Waals surface area contributed by atoms with Gasteiger partial charge in [0.05, 0.1) is 27.4 Å². The number of nitrogens with one attached hydrogen (secondary N) is 1. The second-order valence-electron chi connectivity index (χ2n) is 8.58. The van der Waals surface area contributed by atoms with Crippen LogP contribution >= 0.6 is 0 Å². The fraction of sp³-hybridized carbons (Fsp3) is 0.0690. The van der Waals surface area contributed by atoms with E-state index in [0.29, 0.717) is 5.69 Å². The summed E-state index contributed by atoms with van der Waals surface area (Å²) in [6, 6.07) is 21.4. The van der Waals surface area contributed by atoms with Gasteiger partial charge in [0, 0.05) is 23.8 Å². The Labute approximate surface area is 231 Å². The molecule has 0 unspecified atom stereocenters. The van der Waals surface area contributed by atoms with Crippen LogP contribution < -0.4 is 5.32 Å². The van der Waals surface area contributed by atoms with Crippen molar-refractivity contribution in [3.8, 4) is 0 Å². The number of benzene rings is 2. The van der Waals surface area contributed by atoms with E-state index in [9.17, 15) is 18.0 Å². The molecule has 0 radical (unpaired) electrons. The molecule has 0 saturated carbocycles. The smallest absolute Gasteiger partial charge is 0.318 e. The van der Waals surface area contributed by atoms with Crippen LogP contribution in [0.4, 0.5) is 11.4 Å². The Bertz CT molecular complexity index is 1630. The van der Waals surface area contributed by atoms with Crippen molar-refractivity contribution in [2.24, 2.45) is 0 Å². The third-order valence-electron chi connectivity index (χ3n) is 5.87. The van der Waals surface area contributed by atoms with E-state index in [1.54, 1.807) is 48.5 Å². The molecule has 2 aromatic heterocycles. The maximum Gasteiger partial charge on any atom is 0.318 e. The summed E-state index contributed by atoms with van der Waals surface area (Å²) in [5.41, 5.74) is 3.89. The minimum absolute atomic E-state index is 0.0995. The Hall–Kier alpha value is -5.00. The highest BCUT2D eigenvalue weighted by Crippen LogP contribution is 2.35. The van der Waals surface area contributed by atoms with Crippen LogP contribution in [-0.4, -0.2) is 42.1 Å². The number of pyridine rings is 2. The second kappa shape index (κ2) is 11.8. The van der Waals surface area contributed by atoms with Crippen molar-refractivity contribution in [2.75, 3.05) is 5.32 Å². The lowest BCUT2D eigenvalue weighted by molar-refractivity contribution is -0.160. The molecule has 11 heteroatoms. The molecule has 202 valence electrons. The van der Waals surface area contributed by atoms with Gasteiger partial charge in [0.25, 0.3) is 11.8 Å². The lowest BCUT2D eigenvalue weighted by Crippen LogP contribution is -2.34. The first-order chi connectivity index (χ1) is 19.2. The Morgan fingerprint density at radius 1 is 0.775 bits per heavy atom. The van der Waals surface area contributed by atoms with Crippen molar-refractivity contribution in [1.82, 2.24) is 15.0 Å². The fourth-order valence-corrected chi connectivity index (χ4v) is 4.92. The molecule has 1 N–H and O–H groups in total. The molecule has 3 heterocycles. The lowest BCUT2D eigenvalue weighted by Gasteiger charge is -2.15. The zero-order chi connectivity index (χ0) is 28.9. The predicted octanol–water partition coefficient (Wildman–Crippen LogP) is 4.25. The van der Waals surface area contributed by atoms with E-state index in [1.807, 2.05) is 38.8 Å². The first-order valence-corrected chi connectivity index (χ1v) is 13.3. The summed E-state index contributed by atoms with van der Waals surface area (Å²) >= 11 is 0. The SMILES string of the molecule is C=O.Cc1ccc(Nc2ccc(S(=O)(=O)ON3C(=O)C(c4ccccn4)=C(c4ccccn4)C3=O)cc2)c(C)c1. The molecule has 10 nitrogen and oxygen atoms in total. The van der Waals surface area contributed by atoms with Gasteiger partial charge in [-0.3, -0.25) is 19.6 Å². The minimum atomic E-state index is -4.54. The highest BCUT2D eigenvalue weighted by Gasteiger charge is 2.44. The van der Waals surface area contributed by atoms with Crippen molar-refractivity contribution in [3.05, 3.63) is 114 Å². The number of carbonyl (C=O) groups is 3. The van der Waals surface area contributed by atoms with E-state index in [4.69, 9.17) is 9.08 Å². The number of rotatable bonds is 7. The van der Waals surface area contributed by atoms with Gasteiger partial charge in [-0.1, -0.05) is 29.8 Å². The number of amides is 2. The largest absolute Gasteiger partial charge is 0.355 e. The molecule has 0 saturated heterocycles. The van der Waals surface area contributed by atoms with E-state index in [2.05, 4.69) is 15.3 Å². The average molecular weight is 557 g/mol. The van der Waals surface area contributed by atoms with Crippen LogP contribution in [0, 0.1) is 13.8 Å². The van der Waals surface area contributed by atoms with Gasteiger partial charge in [0.2, 0.25) is 0 Å². The van der Waals surface area contributed by atoms with Gasteiger partial charge in [-0.2, -0.15) is 8.42 Å². The monoisotopic (exact) mass is 556 g/mol. The third-order valence-corrected chi connectivity index (χ3v) is 7.06. The van der Waals surface area contributed by atoms with Crippen molar-refractivity contribution >= 4 is 51.2 Å². The highest BCUT2D eigenvalue weighted by molar-refractivity contribution is 7.86. The highest BCUT2D eigenvalue weighted by atomic mass is 32.2. The van der Waals surface area contributed by atoms with E-state index in [0.717, 1.165) is 16.8 Å². The number of nitrogens with zero attached hydrogens (tertiary/aromatic N) is 3. The molecule has 2 aromatic carbocycles. The number of imide groups is 1. The Morgan fingerprint density at radius 2 is 1.32 bits per heavy atom. The number of anilines is 2. The summed E-state index contributed by atoms with van der Waals surface area (Å²) in [5.74, 6) is -1.91. The topological polar surface area (TPSA) is 136 Å². The lowest BCUT2D eigenvalue weighted by atomic mass is 10.0. The summed E-state index contributed by atoms with van der Waals surface area (Å²) in [7, 11) is -4.54. The maximum atomic E-state index is 13.3. The zero-order valence-corrected chi connectivity index (χ0v) is 22.4. The normalized spacial score (nSPS) is 13.2. The van der Waals surface area contributed by atoms with Gasteiger partial charge in [-0.25, -0.2) is 0 Å². The quantitative estimate of drug-likeness (QED) is 0.331. The average Bonchev–Trinajstić information content (AvgIpc) is 3.21. The molecule has 0 fully saturated rings. The van der Waals surface area contributed by atoms with E-state index >= 15 is 0 Å². The van der Waals surface area contributed by atoms with Crippen LogP contribution in [0.1, 0.15) is 22.5 Å². The molecular weight excluding hydrogens is 532 g/mol. The molecule has 1 aliphatic rings. The van der Waals surface area contributed by atoms with Gasteiger partial charge in [-0.15, -0.1) is 9.35 Å². The summed E-state index contributed by atoms with van der Waals surface area (Å²) in [6.07, 6.45) is 2.92. The maximum absolute atomic E-state index is 13.3. The molecule has 0 atom stereocenters. The van der Waals surface area contributed by atoms with Gasteiger partial charge in [-0.05, 0) is 74.0 Å². The summed E-state index contributed by atoms with van der Waals surface area (Å²) in [6.45, 7) is 5.97. The molecule has 0 aliphatic carbocycles. The van der Waals surface area contributed by atoms with Crippen molar-refractivity contribution in [2.45, 2.75) is 18.7 Å². The van der Waals surface area contributed by atoms with Crippen molar-refractivity contribution in [1.29, 1.82) is 0 Å². The molecule has 0 bridgehead atoms. The van der Waals surface area contributed by atoms with Gasteiger partial charge in [0.15, 0.2) is 0 Å². The zero-order valence-electron chi connectivity index (χ0n) is 21.6. The van der Waals surface area contributed by atoms with Gasteiger partial charge < -0.3 is 10.1 Å². The first-order valence-electron chi connectivity index (χ1n) is 11.9. The number of carbonyl (C=O) groups excluding carboxylic acids is 3. The Balaban J connectivity index is 0.00000181. The standard InChI is InChI=1S/C28H22N4O5S.CH2O/c1-18-9-14-22(19(2)17-18)31-20-10-12-21(13-11-20)38(35,36)37-32-27(33)25(23-7-3-5-15-29-23)26(28(32)34)24-8-4-6-16-30-24;1-2/h3-17,31H,1-2H3;1H2. The number of hydrogen-bond donors (Lipinski definition) is 1. The van der Waals surface area contributed by atoms with E-state index < -0.39 is 21.9 Å². The Kier molecular flexibility index (Phi) is 8.27. The molecule has 4 aromatic rings. The number of hydroxylamine groups is 2. The van der Waals surface area contributed by atoms with Crippen LogP contribution in [-0.2, 0) is 28.8 Å². The van der Waals surface area contributed by atoms with Crippen LogP contribution in [0.3, 0.4) is 0 Å². The van der Waals surface area contributed by atoms with Gasteiger partial charge >= 0.3 is 10.1 Å². The van der Waals surface area contributed by atoms with Crippen molar-refractivity contribution in [3.63, 3.8) is 0 Å². The fourth-order valence-electron chi connectivity index (χ4n) is 4.03. The van der Waals surface area contributed by atoms with Crippen LogP contribution in [0.2, 0.25) is 0 Å². The number of aryl methyl sites for hydroxylation is 2. The second-order valence-corrected chi connectivity index (χ2v) is 10.1. The summed E-state index contributed by atoms with van der Waals surface area (Å²) in [5, 5.41) is 3.48. The minimum Gasteiger partial charge on any atom is -0.355 e. The Morgan fingerprint density at radius 3 is 1.80 bits per heavy atom. The predicted molar refractivity (Wildman–Crippen MR) is 148 cm³/mol. The molecule has 2 amide bonds.